The molecule has 1 N–H and O–H groups in total. The zero-order valence-electron chi connectivity index (χ0n) is 8.22. The number of aliphatic hydroxyl groups is 1. The van der Waals surface area contributed by atoms with Crippen molar-refractivity contribution in [3.05, 3.63) is 0 Å². The Morgan fingerprint density at radius 1 is 1.18 bits per heavy atom. The van der Waals surface area contributed by atoms with Gasteiger partial charge in [0.05, 0.1) is 5.60 Å². The van der Waals surface area contributed by atoms with Gasteiger partial charge < -0.3 is 10.0 Å². The summed E-state index contributed by atoms with van der Waals surface area (Å²) >= 11 is 0. The molecule has 2 heteroatoms. The Kier molecular flexibility index (Phi) is 4.69. The summed E-state index contributed by atoms with van der Waals surface area (Å²) in [5.41, 5.74) is -0.511. The molecule has 2 nitrogen and oxygen atoms in total. The second-order valence-corrected chi connectivity index (χ2v) is 3.59. The van der Waals surface area contributed by atoms with Crippen LogP contribution in [0.15, 0.2) is 0 Å². The van der Waals surface area contributed by atoms with Gasteiger partial charge in [-0.05, 0) is 33.4 Å². The molecule has 0 fully saturated rings. The molecule has 0 saturated heterocycles. The number of hydrogen-bond donors (Lipinski definition) is 1. The van der Waals surface area contributed by atoms with Crippen LogP contribution in [0.5, 0.6) is 0 Å². The number of rotatable bonds is 5. The molecule has 68 valence electrons. The van der Waals surface area contributed by atoms with E-state index in [1.807, 2.05) is 13.8 Å². The standard InChI is InChI=1S/C9H21NO/c1-5-10(6-2)8-7-9(3,4)11/h11H,5-8H2,1-4H3. The molecular formula is C9H21NO. The molecule has 0 aliphatic heterocycles. The highest BCUT2D eigenvalue weighted by Crippen LogP contribution is 2.07. The van der Waals surface area contributed by atoms with Gasteiger partial charge in [0.1, 0.15) is 0 Å². The van der Waals surface area contributed by atoms with E-state index in [2.05, 4.69) is 18.7 Å². The van der Waals surface area contributed by atoms with Crippen LogP contribution in [0.1, 0.15) is 34.1 Å². The molecule has 0 heterocycles. The van der Waals surface area contributed by atoms with Crippen molar-refractivity contribution in [2.24, 2.45) is 0 Å². The monoisotopic (exact) mass is 159 g/mol. The molecule has 0 bridgehead atoms. The van der Waals surface area contributed by atoms with Crippen LogP contribution in [0.2, 0.25) is 0 Å². The highest BCUT2D eigenvalue weighted by Gasteiger charge is 2.13. The lowest BCUT2D eigenvalue weighted by molar-refractivity contribution is 0.0590. The highest BCUT2D eigenvalue weighted by atomic mass is 16.3. The van der Waals surface area contributed by atoms with Crippen molar-refractivity contribution < 1.29 is 5.11 Å². The Morgan fingerprint density at radius 2 is 1.64 bits per heavy atom. The lowest BCUT2D eigenvalue weighted by atomic mass is 10.1. The normalized spacial score (nSPS) is 12.5. The van der Waals surface area contributed by atoms with Crippen LogP contribution in [0, 0.1) is 0 Å². The SMILES string of the molecule is CCN(CC)CCC(C)(C)O. The topological polar surface area (TPSA) is 23.5 Å². The van der Waals surface area contributed by atoms with Crippen molar-refractivity contribution >= 4 is 0 Å². The fraction of sp³-hybridized carbons (Fsp3) is 1.00. The number of nitrogens with zero attached hydrogens (tertiary/aromatic N) is 1. The third kappa shape index (κ3) is 6.32. The molecular weight excluding hydrogens is 138 g/mol. The average molecular weight is 159 g/mol. The molecule has 0 saturated carbocycles. The van der Waals surface area contributed by atoms with Gasteiger partial charge in [-0.3, -0.25) is 0 Å². The minimum atomic E-state index is -0.511. The van der Waals surface area contributed by atoms with Crippen LogP contribution in [0.25, 0.3) is 0 Å². The van der Waals surface area contributed by atoms with Crippen molar-refractivity contribution in [1.29, 1.82) is 0 Å². The van der Waals surface area contributed by atoms with Gasteiger partial charge in [0.15, 0.2) is 0 Å². The van der Waals surface area contributed by atoms with Gasteiger partial charge in [-0.1, -0.05) is 13.8 Å². The van der Waals surface area contributed by atoms with Gasteiger partial charge in [0, 0.05) is 6.54 Å². The highest BCUT2D eigenvalue weighted by molar-refractivity contribution is 4.67. The molecule has 11 heavy (non-hydrogen) atoms. The summed E-state index contributed by atoms with van der Waals surface area (Å²) in [6, 6.07) is 0. The summed E-state index contributed by atoms with van der Waals surface area (Å²) in [6.07, 6.45) is 0.856. The van der Waals surface area contributed by atoms with E-state index in [0.29, 0.717) is 0 Å². The molecule has 0 aliphatic rings. The summed E-state index contributed by atoms with van der Waals surface area (Å²) in [4.78, 5) is 2.32. The minimum Gasteiger partial charge on any atom is -0.390 e. The average Bonchev–Trinajstić information content (AvgIpc) is 1.88. The zero-order chi connectivity index (χ0) is 8.91. The quantitative estimate of drug-likeness (QED) is 0.657. The summed E-state index contributed by atoms with van der Waals surface area (Å²) in [7, 11) is 0. The second-order valence-electron chi connectivity index (χ2n) is 3.59. The van der Waals surface area contributed by atoms with Crippen LogP contribution in [-0.2, 0) is 0 Å². The van der Waals surface area contributed by atoms with E-state index in [9.17, 15) is 5.11 Å². The minimum absolute atomic E-state index is 0.511. The molecule has 0 unspecified atom stereocenters. The van der Waals surface area contributed by atoms with Crippen LogP contribution in [0.3, 0.4) is 0 Å². The molecule has 0 rings (SSSR count). The third-order valence-electron chi connectivity index (χ3n) is 1.93. The van der Waals surface area contributed by atoms with Gasteiger partial charge in [-0.15, -0.1) is 0 Å². The molecule has 0 aliphatic carbocycles. The van der Waals surface area contributed by atoms with Crippen LogP contribution in [-0.4, -0.2) is 35.2 Å². The van der Waals surface area contributed by atoms with Crippen LogP contribution < -0.4 is 0 Å². The Morgan fingerprint density at radius 3 is 1.91 bits per heavy atom. The second kappa shape index (κ2) is 4.73. The first-order chi connectivity index (χ1) is 4.99. The molecule has 0 atom stereocenters. The summed E-state index contributed by atoms with van der Waals surface area (Å²) < 4.78 is 0. The lowest BCUT2D eigenvalue weighted by Gasteiger charge is -2.23. The molecule has 0 aromatic carbocycles. The fourth-order valence-corrected chi connectivity index (χ4v) is 0.972. The maximum absolute atomic E-state index is 9.43. The maximum atomic E-state index is 9.43. The predicted octanol–water partition coefficient (Wildman–Crippen LogP) is 1.49. The third-order valence-corrected chi connectivity index (χ3v) is 1.93. The van der Waals surface area contributed by atoms with E-state index in [0.717, 1.165) is 26.1 Å². The predicted molar refractivity (Wildman–Crippen MR) is 48.7 cm³/mol. The van der Waals surface area contributed by atoms with Gasteiger partial charge in [-0.2, -0.15) is 0 Å². The van der Waals surface area contributed by atoms with Crippen molar-refractivity contribution in [3.8, 4) is 0 Å². The Labute approximate surface area is 70.2 Å². The van der Waals surface area contributed by atoms with E-state index in [1.54, 1.807) is 0 Å². The zero-order valence-corrected chi connectivity index (χ0v) is 8.22. The first kappa shape index (κ1) is 10.9. The first-order valence-corrected chi connectivity index (χ1v) is 4.44. The van der Waals surface area contributed by atoms with Crippen molar-refractivity contribution in [1.82, 2.24) is 4.90 Å². The van der Waals surface area contributed by atoms with E-state index in [1.165, 1.54) is 0 Å². The van der Waals surface area contributed by atoms with Crippen molar-refractivity contribution in [2.75, 3.05) is 19.6 Å². The maximum Gasteiger partial charge on any atom is 0.0603 e. The van der Waals surface area contributed by atoms with E-state index >= 15 is 0 Å². The van der Waals surface area contributed by atoms with E-state index in [-0.39, 0.29) is 0 Å². The molecule has 0 amide bonds. The molecule has 0 aromatic heterocycles. The molecule has 0 aromatic rings. The molecule has 0 radical (unpaired) electrons. The Hall–Kier alpha value is -0.0800. The van der Waals surface area contributed by atoms with E-state index < -0.39 is 5.60 Å². The lowest BCUT2D eigenvalue weighted by Crippen LogP contribution is -2.30. The van der Waals surface area contributed by atoms with Crippen molar-refractivity contribution in [2.45, 2.75) is 39.7 Å². The summed E-state index contributed by atoms with van der Waals surface area (Å²) in [5.74, 6) is 0. The fourth-order valence-electron chi connectivity index (χ4n) is 0.972. The number of hydrogen-bond acceptors (Lipinski definition) is 2. The summed E-state index contributed by atoms with van der Waals surface area (Å²) in [5, 5.41) is 9.43. The van der Waals surface area contributed by atoms with Gasteiger partial charge >= 0.3 is 0 Å². The smallest absolute Gasteiger partial charge is 0.0603 e. The van der Waals surface area contributed by atoms with Gasteiger partial charge in [0.2, 0.25) is 0 Å². The van der Waals surface area contributed by atoms with Gasteiger partial charge in [0.25, 0.3) is 0 Å². The van der Waals surface area contributed by atoms with Gasteiger partial charge in [-0.25, -0.2) is 0 Å². The van der Waals surface area contributed by atoms with Crippen LogP contribution >= 0.6 is 0 Å². The summed E-state index contributed by atoms with van der Waals surface area (Å²) in [6.45, 7) is 11.2. The van der Waals surface area contributed by atoms with Crippen molar-refractivity contribution in [3.63, 3.8) is 0 Å². The Balaban J connectivity index is 3.51. The van der Waals surface area contributed by atoms with Crippen LogP contribution in [0.4, 0.5) is 0 Å². The molecule has 0 spiro atoms. The first-order valence-electron chi connectivity index (χ1n) is 4.44. The largest absolute Gasteiger partial charge is 0.390 e. The van der Waals surface area contributed by atoms with E-state index in [4.69, 9.17) is 0 Å². The Bertz CT molecular complexity index is 92.2.